The number of nitriles is 1. The van der Waals surface area contributed by atoms with E-state index in [0.29, 0.717) is 22.0 Å². The monoisotopic (exact) mass is 330 g/mol. The third kappa shape index (κ3) is 2.57. The molecule has 22 heavy (non-hydrogen) atoms. The van der Waals surface area contributed by atoms with Gasteiger partial charge in [-0.05, 0) is 30.7 Å². The normalized spacial score (nSPS) is 17.3. The molecule has 1 aromatic rings. The molecule has 1 heterocycles. The minimum atomic E-state index is -4.68. The van der Waals surface area contributed by atoms with Crippen molar-refractivity contribution in [3.05, 3.63) is 41.0 Å². The molecule has 0 N–H and O–H groups in total. The van der Waals surface area contributed by atoms with E-state index in [1.54, 1.807) is 6.07 Å². The summed E-state index contributed by atoms with van der Waals surface area (Å²) in [6, 6.07) is 3.61. The summed E-state index contributed by atoms with van der Waals surface area (Å²) in [7, 11) is -4.21. The molecule has 2 rings (SSSR count). The van der Waals surface area contributed by atoms with Crippen molar-refractivity contribution < 1.29 is 26.4 Å². The third-order valence-electron chi connectivity index (χ3n) is 3.04. The van der Waals surface area contributed by atoms with E-state index in [1.165, 1.54) is 6.92 Å². The van der Waals surface area contributed by atoms with Crippen LogP contribution in [0.2, 0.25) is 0 Å². The maximum atomic E-state index is 12.7. The topological polar surface area (TPSA) is 78.2 Å². The van der Waals surface area contributed by atoms with Gasteiger partial charge in [-0.25, -0.2) is 12.7 Å². The maximum absolute atomic E-state index is 12.7. The SMILES string of the molecule is CC(=CC#N)CN1C(=O)c2cc(C(F)(F)F)ccc2S1(=O)=O. The summed E-state index contributed by atoms with van der Waals surface area (Å²) in [5.74, 6) is -1.04. The highest BCUT2D eigenvalue weighted by molar-refractivity contribution is 7.90. The minimum Gasteiger partial charge on any atom is -0.268 e. The van der Waals surface area contributed by atoms with Crippen LogP contribution in [0.15, 0.2) is 34.7 Å². The van der Waals surface area contributed by atoms with Gasteiger partial charge in [0.1, 0.15) is 4.90 Å². The van der Waals surface area contributed by atoms with Gasteiger partial charge in [0.25, 0.3) is 15.9 Å². The van der Waals surface area contributed by atoms with Crippen molar-refractivity contribution >= 4 is 15.9 Å². The molecule has 0 aliphatic carbocycles. The lowest BCUT2D eigenvalue weighted by atomic mass is 10.1. The number of allylic oxidation sites excluding steroid dienone is 1. The number of halogens is 3. The van der Waals surface area contributed by atoms with E-state index in [-0.39, 0.29) is 6.54 Å². The Labute approximate surface area is 124 Å². The van der Waals surface area contributed by atoms with Gasteiger partial charge in [-0.2, -0.15) is 18.4 Å². The van der Waals surface area contributed by atoms with Crippen LogP contribution in [0.25, 0.3) is 0 Å². The lowest BCUT2D eigenvalue weighted by Crippen LogP contribution is -2.31. The van der Waals surface area contributed by atoms with Gasteiger partial charge in [-0.1, -0.05) is 0 Å². The molecule has 1 amide bonds. The number of carbonyl (C=O) groups is 1. The van der Waals surface area contributed by atoms with Crippen LogP contribution in [-0.4, -0.2) is 25.2 Å². The van der Waals surface area contributed by atoms with Crippen molar-refractivity contribution in [2.24, 2.45) is 0 Å². The molecule has 1 aromatic carbocycles. The zero-order valence-electron chi connectivity index (χ0n) is 11.2. The Morgan fingerprint density at radius 1 is 1.41 bits per heavy atom. The molecule has 0 fully saturated rings. The molecule has 0 saturated heterocycles. The molecule has 1 aliphatic heterocycles. The van der Waals surface area contributed by atoms with Crippen molar-refractivity contribution in [1.82, 2.24) is 4.31 Å². The Kier molecular flexibility index (Phi) is 3.74. The first-order chi connectivity index (χ1) is 10.1. The van der Waals surface area contributed by atoms with E-state index >= 15 is 0 Å². The standard InChI is InChI=1S/C13H9F3N2O3S/c1-8(4-5-17)7-18-12(19)10-6-9(13(14,15)16)2-3-11(10)22(18,20)21/h2-4,6H,7H2,1H3. The minimum absolute atomic E-state index is 0.295. The van der Waals surface area contributed by atoms with Gasteiger partial charge in [-0.15, -0.1) is 0 Å². The molecule has 0 radical (unpaired) electrons. The molecular weight excluding hydrogens is 321 g/mol. The molecule has 0 aromatic heterocycles. The molecular formula is C13H9F3N2O3S. The average molecular weight is 330 g/mol. The summed E-state index contributed by atoms with van der Waals surface area (Å²) >= 11 is 0. The quantitative estimate of drug-likeness (QED) is 0.780. The molecule has 0 spiro atoms. The summed E-state index contributed by atoms with van der Waals surface area (Å²) in [5, 5.41) is 8.50. The Hall–Kier alpha value is -2.34. The molecule has 5 nitrogen and oxygen atoms in total. The van der Waals surface area contributed by atoms with Crippen molar-refractivity contribution in [3.63, 3.8) is 0 Å². The highest BCUT2D eigenvalue weighted by atomic mass is 32.2. The van der Waals surface area contributed by atoms with Gasteiger partial charge in [-0.3, -0.25) is 4.79 Å². The van der Waals surface area contributed by atoms with Crippen LogP contribution in [0, 0.1) is 11.3 Å². The summed E-state index contributed by atoms with van der Waals surface area (Å²) < 4.78 is 62.9. The van der Waals surface area contributed by atoms with Crippen LogP contribution >= 0.6 is 0 Å². The van der Waals surface area contributed by atoms with Crippen LogP contribution in [0.4, 0.5) is 13.2 Å². The lowest BCUT2D eigenvalue weighted by Gasteiger charge is -2.14. The maximum Gasteiger partial charge on any atom is 0.416 e. The Bertz CT molecular complexity index is 820. The number of nitrogens with zero attached hydrogens (tertiary/aromatic N) is 2. The van der Waals surface area contributed by atoms with Crippen molar-refractivity contribution in [3.8, 4) is 6.07 Å². The van der Waals surface area contributed by atoms with Crippen LogP contribution in [0.5, 0.6) is 0 Å². The van der Waals surface area contributed by atoms with Gasteiger partial charge < -0.3 is 0 Å². The number of sulfonamides is 1. The summed E-state index contributed by atoms with van der Waals surface area (Å²) in [5.41, 5.74) is -1.32. The largest absolute Gasteiger partial charge is 0.416 e. The molecule has 116 valence electrons. The summed E-state index contributed by atoms with van der Waals surface area (Å²) in [6.45, 7) is 1.06. The number of hydrogen-bond acceptors (Lipinski definition) is 4. The van der Waals surface area contributed by atoms with Crippen LogP contribution < -0.4 is 0 Å². The molecule has 0 saturated carbocycles. The Balaban J connectivity index is 2.52. The summed E-state index contributed by atoms with van der Waals surface area (Å²) in [4.78, 5) is 11.6. The number of fused-ring (bicyclic) bond motifs is 1. The zero-order valence-corrected chi connectivity index (χ0v) is 12.0. The van der Waals surface area contributed by atoms with Crippen LogP contribution in [0.3, 0.4) is 0 Å². The van der Waals surface area contributed by atoms with E-state index < -0.39 is 38.1 Å². The first-order valence-corrected chi connectivity index (χ1v) is 7.36. The second kappa shape index (κ2) is 5.14. The molecule has 0 atom stereocenters. The number of alkyl halides is 3. The van der Waals surface area contributed by atoms with E-state index in [4.69, 9.17) is 5.26 Å². The van der Waals surface area contributed by atoms with Crippen molar-refractivity contribution in [1.29, 1.82) is 5.26 Å². The second-order valence-electron chi connectivity index (χ2n) is 4.65. The molecule has 0 bridgehead atoms. The Morgan fingerprint density at radius 3 is 2.59 bits per heavy atom. The number of carbonyl (C=O) groups excluding carboxylic acids is 1. The van der Waals surface area contributed by atoms with Crippen LogP contribution in [-0.2, 0) is 16.2 Å². The van der Waals surface area contributed by atoms with Gasteiger partial charge in [0, 0.05) is 6.08 Å². The molecule has 0 unspecified atom stereocenters. The number of rotatable bonds is 2. The smallest absolute Gasteiger partial charge is 0.268 e. The third-order valence-corrected chi connectivity index (χ3v) is 4.82. The van der Waals surface area contributed by atoms with Crippen molar-refractivity contribution in [2.45, 2.75) is 18.0 Å². The lowest BCUT2D eigenvalue weighted by molar-refractivity contribution is -0.137. The predicted octanol–water partition coefficient (Wildman–Crippen LogP) is 2.32. The van der Waals surface area contributed by atoms with E-state index in [0.717, 1.165) is 12.1 Å². The average Bonchev–Trinajstić information content (AvgIpc) is 2.59. The molecule has 9 heteroatoms. The van der Waals surface area contributed by atoms with Crippen LogP contribution in [0.1, 0.15) is 22.8 Å². The van der Waals surface area contributed by atoms with Gasteiger partial charge in [0.2, 0.25) is 0 Å². The first-order valence-electron chi connectivity index (χ1n) is 5.92. The fourth-order valence-corrected chi connectivity index (χ4v) is 3.59. The molecule has 1 aliphatic rings. The van der Waals surface area contributed by atoms with E-state index in [2.05, 4.69) is 0 Å². The van der Waals surface area contributed by atoms with Gasteiger partial charge >= 0.3 is 6.18 Å². The zero-order chi connectivity index (χ0) is 16.7. The van der Waals surface area contributed by atoms with E-state index in [1.807, 2.05) is 0 Å². The number of benzene rings is 1. The predicted molar refractivity (Wildman–Crippen MR) is 69.0 cm³/mol. The first kappa shape index (κ1) is 16.0. The highest BCUT2D eigenvalue weighted by Gasteiger charge is 2.43. The van der Waals surface area contributed by atoms with E-state index in [9.17, 15) is 26.4 Å². The Morgan fingerprint density at radius 2 is 2.05 bits per heavy atom. The van der Waals surface area contributed by atoms with Crippen molar-refractivity contribution in [2.75, 3.05) is 6.54 Å². The summed E-state index contributed by atoms with van der Waals surface area (Å²) in [6.07, 6.45) is -3.62. The number of hydrogen-bond donors (Lipinski definition) is 0. The number of amides is 1. The van der Waals surface area contributed by atoms with Gasteiger partial charge in [0.15, 0.2) is 0 Å². The second-order valence-corrected chi connectivity index (χ2v) is 6.48. The fraction of sp³-hybridized carbons (Fsp3) is 0.231. The van der Waals surface area contributed by atoms with Gasteiger partial charge in [0.05, 0.1) is 23.7 Å². The fourth-order valence-electron chi connectivity index (χ4n) is 2.00. The highest BCUT2D eigenvalue weighted by Crippen LogP contribution is 2.36.